The van der Waals surface area contributed by atoms with E-state index in [1.165, 1.54) is 0 Å². The van der Waals surface area contributed by atoms with Gasteiger partial charge in [-0.05, 0) is 0 Å². The summed E-state index contributed by atoms with van der Waals surface area (Å²) in [5.41, 5.74) is 0. The van der Waals surface area contributed by atoms with Gasteiger partial charge in [0.1, 0.15) is 0 Å². The quantitative estimate of drug-likeness (QED) is 0.575. The molecule has 3 heteroatoms. The van der Waals surface area contributed by atoms with Gasteiger partial charge in [0.05, 0.1) is 0 Å². The molecule has 11 heavy (non-hydrogen) atoms. The summed E-state index contributed by atoms with van der Waals surface area (Å²) in [6.07, 6.45) is 16.5. The molecular formula is C8H7Cl2Pt-. The molecule has 0 spiro atoms. The van der Waals surface area contributed by atoms with Gasteiger partial charge < -0.3 is 0 Å². The summed E-state index contributed by atoms with van der Waals surface area (Å²) < 4.78 is 0. The van der Waals surface area contributed by atoms with E-state index in [-0.39, 0.29) is 0 Å². The number of halogens is 2. The van der Waals surface area contributed by atoms with Gasteiger partial charge in [-0.2, -0.15) is 30.4 Å². The van der Waals surface area contributed by atoms with E-state index in [4.69, 9.17) is 18.8 Å². The molecule has 0 N–H and O–H groups in total. The Morgan fingerprint density at radius 3 is 2.18 bits per heavy atom. The van der Waals surface area contributed by atoms with Gasteiger partial charge in [0, 0.05) is 0 Å². The summed E-state index contributed by atoms with van der Waals surface area (Å²) in [6, 6.07) is 0. The molecule has 1 rings (SSSR count). The van der Waals surface area contributed by atoms with Crippen LogP contribution in [-0.2, 0) is 16.5 Å². The molecule has 0 aromatic heterocycles. The summed E-state index contributed by atoms with van der Waals surface area (Å²) in [5.74, 6) is 0. The summed E-state index contributed by atoms with van der Waals surface area (Å²) in [4.78, 5) is 0. The average Bonchev–Trinajstić information content (AvgIpc) is 1.86. The second-order valence-electron chi connectivity index (χ2n) is 1.51. The molecule has 0 aromatic carbocycles. The molecule has 0 unspecified atom stereocenters. The first-order valence-electron chi connectivity index (χ1n) is 2.82. The number of rotatable bonds is 0. The Balaban J connectivity index is 0.000000292. The van der Waals surface area contributed by atoms with Crippen molar-refractivity contribution in [3.63, 3.8) is 0 Å². The molecule has 0 heterocycles. The summed E-state index contributed by atoms with van der Waals surface area (Å²) >= 11 is -0.472. The molecular weight excluding hydrogens is 362 g/mol. The SMILES string of the molecule is [C-]1=CC=CC=CC=C1.[Cl][Pt][Cl]. The fourth-order valence-corrected chi connectivity index (χ4v) is 0.470. The molecule has 0 aliphatic heterocycles. The molecule has 1 aliphatic carbocycles. The van der Waals surface area contributed by atoms with Gasteiger partial charge in [-0.15, -0.1) is 12.2 Å². The van der Waals surface area contributed by atoms with E-state index in [1.54, 1.807) is 0 Å². The molecule has 1 aliphatic rings. The Labute approximate surface area is 83.7 Å². The molecule has 0 fully saturated rings. The minimum atomic E-state index is -0.472. The number of hydrogen-bond acceptors (Lipinski definition) is 0. The maximum absolute atomic E-state index is 4.88. The van der Waals surface area contributed by atoms with E-state index in [0.717, 1.165) is 0 Å². The van der Waals surface area contributed by atoms with Crippen molar-refractivity contribution < 1.29 is 16.5 Å². The molecule has 0 bridgehead atoms. The van der Waals surface area contributed by atoms with Crippen LogP contribution in [0.4, 0.5) is 0 Å². The topological polar surface area (TPSA) is 0 Å². The van der Waals surface area contributed by atoms with Crippen LogP contribution in [0.25, 0.3) is 0 Å². The van der Waals surface area contributed by atoms with Gasteiger partial charge in [0.15, 0.2) is 0 Å². The van der Waals surface area contributed by atoms with E-state index < -0.39 is 16.5 Å². The Morgan fingerprint density at radius 1 is 0.909 bits per heavy atom. The van der Waals surface area contributed by atoms with Crippen molar-refractivity contribution in [2.75, 3.05) is 0 Å². The van der Waals surface area contributed by atoms with Crippen molar-refractivity contribution >= 4 is 18.8 Å². The first kappa shape index (κ1) is 11.2. The van der Waals surface area contributed by atoms with Crippen LogP contribution >= 0.6 is 18.8 Å². The van der Waals surface area contributed by atoms with Crippen molar-refractivity contribution in [2.45, 2.75) is 0 Å². The van der Waals surface area contributed by atoms with Gasteiger partial charge in [-0.3, -0.25) is 0 Å². The Hall–Kier alpha value is 0.228. The van der Waals surface area contributed by atoms with Crippen LogP contribution in [0.3, 0.4) is 0 Å². The normalized spacial score (nSPS) is 13.6. The third-order valence-electron chi connectivity index (χ3n) is 0.829. The summed E-state index contributed by atoms with van der Waals surface area (Å²) in [7, 11) is 9.75. The molecule has 0 atom stereocenters. The fourth-order valence-electron chi connectivity index (χ4n) is 0.470. The van der Waals surface area contributed by atoms with Crippen molar-refractivity contribution in [1.82, 2.24) is 0 Å². The number of allylic oxidation sites excluding steroid dienone is 8. The van der Waals surface area contributed by atoms with E-state index in [9.17, 15) is 0 Å². The second kappa shape index (κ2) is 10.2. The average molecular weight is 369 g/mol. The van der Waals surface area contributed by atoms with Crippen LogP contribution < -0.4 is 0 Å². The van der Waals surface area contributed by atoms with Crippen LogP contribution in [-0.4, -0.2) is 0 Å². The maximum atomic E-state index is 4.88. The Bertz CT molecular complexity index is 125. The summed E-state index contributed by atoms with van der Waals surface area (Å²) in [5, 5.41) is 0. The van der Waals surface area contributed by atoms with Gasteiger partial charge in [0.2, 0.25) is 0 Å². The standard InChI is InChI=1S/C8H7.2ClH.Pt/c1-2-4-6-8-7-5-3-1;;;/h1-7H;2*1H;/q-1;;;+2/p-2. The number of hydrogen-bond donors (Lipinski definition) is 0. The predicted octanol–water partition coefficient (Wildman–Crippen LogP) is 3.40. The van der Waals surface area contributed by atoms with Gasteiger partial charge >= 0.3 is 35.3 Å². The van der Waals surface area contributed by atoms with Crippen molar-refractivity contribution in [3.8, 4) is 0 Å². The van der Waals surface area contributed by atoms with Gasteiger partial charge in [-0.25, -0.2) is 0 Å². The van der Waals surface area contributed by atoms with Gasteiger partial charge in [0.25, 0.3) is 0 Å². The van der Waals surface area contributed by atoms with E-state index >= 15 is 0 Å². The van der Waals surface area contributed by atoms with Gasteiger partial charge in [-0.1, -0.05) is 6.08 Å². The molecule has 0 nitrogen and oxygen atoms in total. The van der Waals surface area contributed by atoms with Crippen LogP contribution in [0.2, 0.25) is 0 Å². The van der Waals surface area contributed by atoms with Crippen LogP contribution in [0.15, 0.2) is 42.5 Å². The molecule has 0 saturated heterocycles. The molecule has 0 aromatic rings. The minimum absolute atomic E-state index is 0.472. The third kappa shape index (κ3) is 10.2. The predicted molar refractivity (Wildman–Crippen MR) is 46.9 cm³/mol. The van der Waals surface area contributed by atoms with E-state index in [2.05, 4.69) is 6.08 Å². The second-order valence-corrected chi connectivity index (χ2v) is 4.79. The first-order valence-corrected chi connectivity index (χ1v) is 8.45. The monoisotopic (exact) mass is 368 g/mol. The first-order chi connectivity index (χ1) is 5.41. The molecule has 0 radical (unpaired) electrons. The molecule has 0 amide bonds. The third-order valence-corrected chi connectivity index (χ3v) is 0.829. The zero-order valence-electron chi connectivity index (χ0n) is 5.61. The fraction of sp³-hybridized carbons (Fsp3) is 0. The Morgan fingerprint density at radius 2 is 1.45 bits per heavy atom. The van der Waals surface area contributed by atoms with Crippen LogP contribution in [0.1, 0.15) is 0 Å². The van der Waals surface area contributed by atoms with Crippen LogP contribution in [0.5, 0.6) is 0 Å². The molecule has 64 valence electrons. The van der Waals surface area contributed by atoms with Crippen molar-refractivity contribution in [1.29, 1.82) is 0 Å². The van der Waals surface area contributed by atoms with Crippen LogP contribution in [0, 0.1) is 6.08 Å². The zero-order chi connectivity index (χ0) is 8.36. The van der Waals surface area contributed by atoms with Crippen molar-refractivity contribution in [2.24, 2.45) is 0 Å². The zero-order valence-corrected chi connectivity index (χ0v) is 9.40. The Kier molecular flexibility index (Phi) is 10.4. The van der Waals surface area contributed by atoms with E-state index in [0.29, 0.717) is 0 Å². The summed E-state index contributed by atoms with van der Waals surface area (Å²) in [6.45, 7) is 0. The van der Waals surface area contributed by atoms with Crippen molar-refractivity contribution in [3.05, 3.63) is 48.6 Å². The van der Waals surface area contributed by atoms with E-state index in [1.807, 2.05) is 42.5 Å². The molecule has 0 saturated carbocycles.